The molecule has 1 heteroatoms. The molecule has 0 aliphatic heterocycles. The average molecular weight is 267 g/mol. The fraction of sp³-hybridized carbons (Fsp3) is 0. The standard InChI is InChI=1S/C18H17P/c1-4-10-16(11-5-1)19(17-12-6-2-7-13-17)18-14-8-3-9-15-18/h1-15H,19H2/i19TD. The Hall–Kier alpha value is -1.91. The third-order valence-corrected chi connectivity index (χ3v) is 5.49. The van der Waals surface area contributed by atoms with Gasteiger partial charge in [-0.2, -0.15) is 0 Å². The topological polar surface area (TPSA) is 0 Å². The van der Waals surface area contributed by atoms with Crippen LogP contribution in [0.4, 0.5) is 0 Å². The molecule has 0 atom stereocenters. The zero-order valence-electron chi connectivity index (χ0n) is 12.6. The second-order valence-corrected chi connectivity index (χ2v) is 6.56. The monoisotopic (exact) mass is 267 g/mol. The Labute approximate surface area is 118 Å². The van der Waals surface area contributed by atoms with Gasteiger partial charge in [-0.1, -0.05) is 0 Å². The van der Waals surface area contributed by atoms with Crippen LogP contribution in [0.5, 0.6) is 0 Å². The van der Waals surface area contributed by atoms with E-state index in [1.54, 1.807) is 0 Å². The van der Waals surface area contributed by atoms with Gasteiger partial charge in [0, 0.05) is 0 Å². The minimum absolute atomic E-state index is 0.765. The van der Waals surface area contributed by atoms with Crippen molar-refractivity contribution in [1.82, 2.24) is 0 Å². The maximum atomic E-state index is 9.30. The number of hydrogen-bond acceptors (Lipinski definition) is 0. The van der Waals surface area contributed by atoms with Crippen LogP contribution in [0.25, 0.3) is 0 Å². The Bertz CT molecular complexity index is 622. The Morgan fingerprint density at radius 2 is 0.842 bits per heavy atom. The first-order chi connectivity index (χ1) is 10.1. The van der Waals surface area contributed by atoms with Gasteiger partial charge in [0.2, 0.25) is 0 Å². The molecule has 0 aliphatic rings. The van der Waals surface area contributed by atoms with Crippen LogP contribution in [0.1, 0.15) is 0 Å². The summed E-state index contributed by atoms with van der Waals surface area (Å²) in [5.74, 6) is 0. The third kappa shape index (κ3) is 2.75. The van der Waals surface area contributed by atoms with Crippen molar-refractivity contribution < 1.29 is 0 Å². The first-order valence-electron chi connectivity index (χ1n) is 7.30. The molecule has 3 rings (SSSR count). The Balaban J connectivity index is 2.36. The van der Waals surface area contributed by atoms with Gasteiger partial charge in [-0.05, 0) is 0 Å². The van der Waals surface area contributed by atoms with E-state index in [1.807, 2.05) is 91.0 Å². The van der Waals surface area contributed by atoms with E-state index in [0.29, 0.717) is 0 Å². The molecule has 0 N–H and O–H groups in total. The molecule has 0 nitrogen and oxygen atoms in total. The second kappa shape index (κ2) is 5.82. The molecule has 0 saturated heterocycles. The molecule has 0 unspecified atom stereocenters. The van der Waals surface area contributed by atoms with Crippen LogP contribution in [0.15, 0.2) is 91.0 Å². The fourth-order valence-electron chi connectivity index (χ4n) is 2.18. The second-order valence-electron chi connectivity index (χ2n) is 4.34. The van der Waals surface area contributed by atoms with E-state index < -0.39 is 7.81 Å². The number of benzene rings is 3. The Morgan fingerprint density at radius 1 is 0.579 bits per heavy atom. The quantitative estimate of drug-likeness (QED) is 0.640. The molecule has 0 radical (unpaired) electrons. The number of rotatable bonds is 3. The van der Waals surface area contributed by atoms with Gasteiger partial charge in [0.05, 0.1) is 0 Å². The van der Waals surface area contributed by atoms with Crippen molar-refractivity contribution in [3.05, 3.63) is 91.0 Å². The summed E-state index contributed by atoms with van der Waals surface area (Å²) >= 11 is 0. The fourth-order valence-corrected chi connectivity index (χ4v) is 4.48. The van der Waals surface area contributed by atoms with Crippen molar-refractivity contribution in [2.75, 3.05) is 0 Å². The van der Waals surface area contributed by atoms with Gasteiger partial charge >= 0.3 is 117 Å². The summed E-state index contributed by atoms with van der Waals surface area (Å²) in [6.07, 6.45) is 0. The molecule has 0 aliphatic carbocycles. The van der Waals surface area contributed by atoms with Crippen molar-refractivity contribution >= 4 is 23.7 Å². The van der Waals surface area contributed by atoms with E-state index in [-0.39, 0.29) is 0 Å². The van der Waals surface area contributed by atoms with Gasteiger partial charge in [-0.15, -0.1) is 0 Å². The van der Waals surface area contributed by atoms with E-state index in [2.05, 4.69) is 0 Å². The zero-order chi connectivity index (χ0) is 14.8. The Kier molecular flexibility index (Phi) is 3.05. The van der Waals surface area contributed by atoms with E-state index in [4.69, 9.17) is 0 Å². The SMILES string of the molecule is [2H]P([3H])(c1ccccc1)(c1ccccc1)c1ccccc1. The summed E-state index contributed by atoms with van der Waals surface area (Å²) < 4.78 is 18.6. The van der Waals surface area contributed by atoms with Gasteiger partial charge in [0.15, 0.2) is 0 Å². The van der Waals surface area contributed by atoms with Gasteiger partial charge in [0.1, 0.15) is 0 Å². The molecule has 0 amide bonds. The molecule has 0 aromatic heterocycles. The molecule has 0 bridgehead atoms. The summed E-state index contributed by atoms with van der Waals surface area (Å²) in [6, 6.07) is 28.6. The maximum absolute atomic E-state index is 9.30. The normalized spacial score (nSPS) is 14.8. The first kappa shape index (κ1) is 9.95. The van der Waals surface area contributed by atoms with Gasteiger partial charge in [-0.25, -0.2) is 0 Å². The molecular formula is C18H17P. The summed E-state index contributed by atoms with van der Waals surface area (Å²) in [5, 5.41) is 2.29. The summed E-state index contributed by atoms with van der Waals surface area (Å²) in [4.78, 5) is 0. The average Bonchev–Trinajstić information content (AvgIpc) is 2.57. The first-order valence-corrected chi connectivity index (χ1v) is 7.74. The van der Waals surface area contributed by atoms with Crippen LogP contribution in [-0.2, 0) is 0 Å². The Morgan fingerprint density at radius 3 is 1.11 bits per heavy atom. The van der Waals surface area contributed by atoms with E-state index in [9.17, 15) is 2.56 Å². The third-order valence-electron chi connectivity index (χ3n) is 3.04. The molecule has 3 aromatic rings. The minimum atomic E-state index is -3.87. The molecule has 94 valence electrons. The van der Waals surface area contributed by atoms with E-state index >= 15 is 0 Å². The van der Waals surface area contributed by atoms with Crippen molar-refractivity contribution in [3.63, 3.8) is 0 Å². The molecule has 0 fully saturated rings. The van der Waals surface area contributed by atoms with Crippen LogP contribution in [0.3, 0.4) is 0 Å². The van der Waals surface area contributed by atoms with Gasteiger partial charge in [-0.3, -0.25) is 0 Å². The molecule has 19 heavy (non-hydrogen) atoms. The van der Waals surface area contributed by atoms with Crippen LogP contribution in [0.2, 0.25) is 0 Å². The van der Waals surface area contributed by atoms with Crippen molar-refractivity contribution in [1.29, 1.82) is 2.56 Å². The van der Waals surface area contributed by atoms with Gasteiger partial charge in [0.25, 0.3) is 0 Å². The summed E-state index contributed by atoms with van der Waals surface area (Å²) in [6.45, 7) is 0. The van der Waals surface area contributed by atoms with Crippen LogP contribution < -0.4 is 15.9 Å². The number of hydrogen-bond donors (Lipinski definition) is 0. The summed E-state index contributed by atoms with van der Waals surface area (Å²) in [7, 11) is -3.87. The molecule has 3 aromatic carbocycles. The van der Waals surface area contributed by atoms with Crippen molar-refractivity contribution in [2.45, 2.75) is 0 Å². The van der Waals surface area contributed by atoms with Crippen molar-refractivity contribution in [3.8, 4) is 0 Å². The van der Waals surface area contributed by atoms with E-state index in [0.717, 1.165) is 15.9 Å². The van der Waals surface area contributed by atoms with Crippen LogP contribution in [0, 0.1) is 0 Å². The van der Waals surface area contributed by atoms with Crippen molar-refractivity contribution in [2.24, 2.45) is 0 Å². The molecule has 0 heterocycles. The summed E-state index contributed by atoms with van der Waals surface area (Å²) in [5.41, 5.74) is 0. The molecular weight excluding hydrogens is 247 g/mol. The molecule has 0 spiro atoms. The van der Waals surface area contributed by atoms with Gasteiger partial charge < -0.3 is 0 Å². The predicted octanol–water partition coefficient (Wildman–Crippen LogP) is 2.91. The van der Waals surface area contributed by atoms with Crippen LogP contribution >= 0.6 is 7.81 Å². The van der Waals surface area contributed by atoms with E-state index in [1.165, 1.54) is 0 Å². The predicted molar refractivity (Wildman–Crippen MR) is 87.9 cm³/mol. The zero-order valence-corrected chi connectivity index (χ0v) is 11.5. The molecule has 0 saturated carbocycles. The van der Waals surface area contributed by atoms with Crippen LogP contribution in [-0.4, -0.2) is 2.56 Å².